The Bertz CT molecular complexity index is 743. The maximum absolute atomic E-state index is 13.3. The first-order valence-electron chi connectivity index (χ1n) is 6.06. The van der Waals surface area contributed by atoms with Crippen molar-refractivity contribution in [3.05, 3.63) is 50.1 Å². The standard InChI is InChI=1S/C14H12BrF3N2O/c1-14(2,3)11-9(15)13(21)20-12(19-11)6-4-7(16)10(18)8(17)5-6/h4-5H,1-3H3,(H,19,20,21). The van der Waals surface area contributed by atoms with Crippen molar-refractivity contribution in [2.45, 2.75) is 26.2 Å². The van der Waals surface area contributed by atoms with Gasteiger partial charge < -0.3 is 4.98 Å². The van der Waals surface area contributed by atoms with Gasteiger partial charge in [-0.1, -0.05) is 20.8 Å². The van der Waals surface area contributed by atoms with Gasteiger partial charge in [0.15, 0.2) is 17.5 Å². The van der Waals surface area contributed by atoms with Crippen LogP contribution in [0.4, 0.5) is 13.2 Å². The summed E-state index contributed by atoms with van der Waals surface area (Å²) in [6.45, 7) is 5.53. The SMILES string of the molecule is CC(C)(C)c1nc(-c2cc(F)c(F)c(F)c2)[nH]c(=O)c1Br. The fourth-order valence-corrected chi connectivity index (χ4v) is 2.57. The Morgan fingerprint density at radius 3 is 2.14 bits per heavy atom. The van der Waals surface area contributed by atoms with Gasteiger partial charge in [0.25, 0.3) is 5.56 Å². The molecule has 112 valence electrons. The van der Waals surface area contributed by atoms with Crippen molar-refractivity contribution in [1.29, 1.82) is 0 Å². The topological polar surface area (TPSA) is 45.8 Å². The molecule has 7 heteroatoms. The number of aromatic amines is 1. The molecule has 1 aromatic carbocycles. The quantitative estimate of drug-likeness (QED) is 0.783. The first-order valence-corrected chi connectivity index (χ1v) is 6.85. The van der Waals surface area contributed by atoms with E-state index >= 15 is 0 Å². The van der Waals surface area contributed by atoms with Gasteiger partial charge in [-0.2, -0.15) is 0 Å². The number of aromatic nitrogens is 2. The van der Waals surface area contributed by atoms with Gasteiger partial charge in [-0.25, -0.2) is 18.2 Å². The molecule has 0 spiro atoms. The summed E-state index contributed by atoms with van der Waals surface area (Å²) in [5.41, 5.74) is -0.540. The van der Waals surface area contributed by atoms with Crippen molar-refractivity contribution < 1.29 is 13.2 Å². The predicted molar refractivity (Wildman–Crippen MR) is 76.6 cm³/mol. The van der Waals surface area contributed by atoms with Crippen molar-refractivity contribution in [1.82, 2.24) is 9.97 Å². The second-order valence-corrected chi connectivity index (χ2v) is 6.37. The van der Waals surface area contributed by atoms with Crippen molar-refractivity contribution >= 4 is 15.9 Å². The lowest BCUT2D eigenvalue weighted by Crippen LogP contribution is -2.22. The second-order valence-electron chi connectivity index (χ2n) is 5.58. The van der Waals surface area contributed by atoms with Gasteiger partial charge in [0.05, 0.1) is 5.69 Å². The zero-order valence-electron chi connectivity index (χ0n) is 11.5. The van der Waals surface area contributed by atoms with Crippen molar-refractivity contribution in [2.75, 3.05) is 0 Å². The number of hydrogen-bond acceptors (Lipinski definition) is 2. The van der Waals surface area contributed by atoms with Crippen LogP contribution in [0.5, 0.6) is 0 Å². The summed E-state index contributed by atoms with van der Waals surface area (Å²) in [6.07, 6.45) is 0. The summed E-state index contributed by atoms with van der Waals surface area (Å²) in [4.78, 5) is 18.6. The van der Waals surface area contributed by atoms with Crippen molar-refractivity contribution in [3.8, 4) is 11.4 Å². The van der Waals surface area contributed by atoms with Crippen LogP contribution in [0.3, 0.4) is 0 Å². The van der Waals surface area contributed by atoms with Crippen molar-refractivity contribution in [2.24, 2.45) is 0 Å². The minimum atomic E-state index is -1.56. The molecule has 0 bridgehead atoms. The Balaban J connectivity index is 2.71. The normalized spacial score (nSPS) is 11.8. The molecule has 1 N–H and O–H groups in total. The Labute approximate surface area is 127 Å². The molecular formula is C14H12BrF3N2O. The third-order valence-corrected chi connectivity index (χ3v) is 3.57. The van der Waals surface area contributed by atoms with E-state index in [0.717, 1.165) is 12.1 Å². The van der Waals surface area contributed by atoms with Gasteiger partial charge in [-0.3, -0.25) is 4.79 Å². The zero-order chi connectivity index (χ0) is 15.9. The highest BCUT2D eigenvalue weighted by Crippen LogP contribution is 2.28. The van der Waals surface area contributed by atoms with Crippen LogP contribution in [-0.4, -0.2) is 9.97 Å². The van der Waals surface area contributed by atoms with E-state index in [0.29, 0.717) is 5.69 Å². The molecule has 0 aliphatic heterocycles. The average molecular weight is 361 g/mol. The molecule has 0 aliphatic carbocycles. The Kier molecular flexibility index (Phi) is 3.97. The molecule has 1 aromatic heterocycles. The van der Waals surface area contributed by atoms with E-state index in [1.54, 1.807) is 0 Å². The first-order chi connectivity index (χ1) is 9.61. The van der Waals surface area contributed by atoms with Gasteiger partial charge >= 0.3 is 0 Å². The van der Waals surface area contributed by atoms with Crippen LogP contribution >= 0.6 is 15.9 Å². The number of rotatable bonds is 1. The molecule has 21 heavy (non-hydrogen) atoms. The van der Waals surface area contributed by atoms with E-state index in [9.17, 15) is 18.0 Å². The molecule has 0 radical (unpaired) electrons. The first kappa shape index (κ1) is 15.8. The highest BCUT2D eigenvalue weighted by Gasteiger charge is 2.23. The minimum absolute atomic E-state index is 0.0223. The lowest BCUT2D eigenvalue weighted by molar-refractivity contribution is 0.447. The zero-order valence-corrected chi connectivity index (χ0v) is 13.1. The summed E-state index contributed by atoms with van der Waals surface area (Å²) in [5, 5.41) is 0. The van der Waals surface area contributed by atoms with E-state index in [2.05, 4.69) is 25.9 Å². The molecule has 0 amide bonds. The number of nitrogens with one attached hydrogen (secondary N) is 1. The summed E-state index contributed by atoms with van der Waals surface area (Å²) in [7, 11) is 0. The highest BCUT2D eigenvalue weighted by molar-refractivity contribution is 9.10. The monoisotopic (exact) mass is 360 g/mol. The number of hydrogen-bond donors (Lipinski definition) is 1. The molecule has 0 atom stereocenters. The third-order valence-electron chi connectivity index (χ3n) is 2.83. The average Bonchev–Trinajstić information content (AvgIpc) is 2.37. The van der Waals surface area contributed by atoms with Gasteiger partial charge in [0, 0.05) is 11.0 Å². The van der Waals surface area contributed by atoms with Crippen LogP contribution < -0.4 is 5.56 Å². The highest BCUT2D eigenvalue weighted by atomic mass is 79.9. The maximum atomic E-state index is 13.3. The fourth-order valence-electron chi connectivity index (χ4n) is 1.78. The fraction of sp³-hybridized carbons (Fsp3) is 0.286. The van der Waals surface area contributed by atoms with E-state index in [1.165, 1.54) is 0 Å². The van der Waals surface area contributed by atoms with Crippen molar-refractivity contribution in [3.63, 3.8) is 0 Å². The molecule has 0 fully saturated rings. The lowest BCUT2D eigenvalue weighted by Gasteiger charge is -2.19. The largest absolute Gasteiger partial charge is 0.306 e. The molecular weight excluding hydrogens is 349 g/mol. The molecule has 3 nitrogen and oxygen atoms in total. The molecule has 0 saturated carbocycles. The van der Waals surface area contributed by atoms with E-state index in [1.807, 2.05) is 20.8 Å². The lowest BCUT2D eigenvalue weighted by atomic mass is 9.92. The molecule has 0 aliphatic rings. The van der Waals surface area contributed by atoms with Crippen LogP contribution in [0.15, 0.2) is 21.4 Å². The number of H-pyrrole nitrogens is 1. The molecule has 1 heterocycles. The summed E-state index contributed by atoms with van der Waals surface area (Å²) >= 11 is 3.15. The Morgan fingerprint density at radius 1 is 1.14 bits per heavy atom. The molecule has 2 rings (SSSR count). The number of benzene rings is 1. The van der Waals surface area contributed by atoms with Crippen LogP contribution in [0.2, 0.25) is 0 Å². The second kappa shape index (κ2) is 5.29. The Morgan fingerprint density at radius 2 is 1.67 bits per heavy atom. The Hall–Kier alpha value is -1.63. The number of nitrogens with zero attached hydrogens (tertiary/aromatic N) is 1. The van der Waals surface area contributed by atoms with Gasteiger partial charge in [0.2, 0.25) is 0 Å². The van der Waals surface area contributed by atoms with Crippen LogP contribution in [0, 0.1) is 17.5 Å². The summed E-state index contributed by atoms with van der Waals surface area (Å²) in [5.74, 6) is -4.26. The van der Waals surface area contributed by atoms with Crippen LogP contribution in [-0.2, 0) is 5.41 Å². The van der Waals surface area contributed by atoms with E-state index < -0.39 is 28.4 Å². The van der Waals surface area contributed by atoms with Gasteiger partial charge in [-0.15, -0.1) is 0 Å². The smallest absolute Gasteiger partial charge is 0.265 e. The van der Waals surface area contributed by atoms with E-state index in [4.69, 9.17) is 0 Å². The molecule has 0 saturated heterocycles. The maximum Gasteiger partial charge on any atom is 0.265 e. The van der Waals surface area contributed by atoms with E-state index in [-0.39, 0.29) is 15.9 Å². The number of halogens is 4. The third kappa shape index (κ3) is 3.02. The predicted octanol–water partition coefficient (Wildman–Crippen LogP) is 3.91. The molecule has 2 aromatic rings. The minimum Gasteiger partial charge on any atom is -0.306 e. The van der Waals surface area contributed by atoms with Gasteiger partial charge in [-0.05, 0) is 28.1 Å². The van der Waals surface area contributed by atoms with Crippen LogP contribution in [0.1, 0.15) is 26.5 Å². The molecule has 0 unspecified atom stereocenters. The van der Waals surface area contributed by atoms with Crippen LogP contribution in [0.25, 0.3) is 11.4 Å². The summed E-state index contributed by atoms with van der Waals surface area (Å²) < 4.78 is 39.8. The summed E-state index contributed by atoms with van der Waals surface area (Å²) in [6, 6.07) is 1.58. The van der Waals surface area contributed by atoms with Gasteiger partial charge in [0.1, 0.15) is 10.3 Å².